The Morgan fingerprint density at radius 3 is 3.06 bits per heavy atom. The third kappa shape index (κ3) is 2.06. The number of hydrogen-bond acceptors (Lipinski definition) is 6. The fourth-order valence-corrected chi connectivity index (χ4v) is 1.69. The minimum atomic E-state index is -0.474. The van der Waals surface area contributed by atoms with Crippen molar-refractivity contribution in [2.45, 2.75) is 31.8 Å². The van der Waals surface area contributed by atoms with Crippen LogP contribution in [0.3, 0.4) is 0 Å². The van der Waals surface area contributed by atoms with Crippen LogP contribution in [0.5, 0.6) is 0 Å². The maximum Gasteiger partial charge on any atom is 0.315 e. The van der Waals surface area contributed by atoms with Crippen LogP contribution in [0.4, 0.5) is 0 Å². The highest BCUT2D eigenvalue weighted by Gasteiger charge is 2.36. The SMILES string of the molecule is COC(=O)Cc1nc(C2(C)CCCO2)no1. The van der Waals surface area contributed by atoms with Crippen molar-refractivity contribution < 1.29 is 18.8 Å². The normalized spacial score (nSPS) is 24.6. The predicted molar refractivity (Wildman–Crippen MR) is 52.6 cm³/mol. The van der Waals surface area contributed by atoms with Crippen LogP contribution in [0.25, 0.3) is 0 Å². The van der Waals surface area contributed by atoms with Gasteiger partial charge in [0.25, 0.3) is 0 Å². The standard InChI is InChI=1S/C10H14N2O4/c1-10(4-3-5-15-10)9-11-7(16-12-9)6-8(13)14-2/h3-6H2,1-2H3. The summed E-state index contributed by atoms with van der Waals surface area (Å²) in [6.45, 7) is 2.63. The van der Waals surface area contributed by atoms with Gasteiger partial charge in [-0.1, -0.05) is 5.16 Å². The van der Waals surface area contributed by atoms with Gasteiger partial charge in [0.1, 0.15) is 12.0 Å². The molecule has 6 nitrogen and oxygen atoms in total. The fraction of sp³-hybridized carbons (Fsp3) is 0.700. The van der Waals surface area contributed by atoms with Gasteiger partial charge < -0.3 is 14.0 Å². The molecule has 0 bridgehead atoms. The van der Waals surface area contributed by atoms with Gasteiger partial charge in [-0.15, -0.1) is 0 Å². The van der Waals surface area contributed by atoms with Gasteiger partial charge in [0.2, 0.25) is 11.7 Å². The fourth-order valence-electron chi connectivity index (χ4n) is 1.69. The number of methoxy groups -OCH3 is 1. The third-order valence-electron chi connectivity index (χ3n) is 2.68. The van der Waals surface area contributed by atoms with E-state index in [4.69, 9.17) is 9.26 Å². The number of hydrogen-bond donors (Lipinski definition) is 0. The van der Waals surface area contributed by atoms with Gasteiger partial charge in [0.05, 0.1) is 7.11 Å². The highest BCUT2D eigenvalue weighted by Crippen LogP contribution is 2.33. The molecule has 1 saturated heterocycles. The number of nitrogens with zero attached hydrogens (tertiary/aromatic N) is 2. The summed E-state index contributed by atoms with van der Waals surface area (Å²) in [7, 11) is 1.32. The van der Waals surface area contributed by atoms with Crippen molar-refractivity contribution in [2.75, 3.05) is 13.7 Å². The molecule has 1 fully saturated rings. The van der Waals surface area contributed by atoms with E-state index in [-0.39, 0.29) is 12.3 Å². The molecule has 0 radical (unpaired) electrons. The topological polar surface area (TPSA) is 74.5 Å². The average Bonchev–Trinajstić information content (AvgIpc) is 2.88. The molecule has 6 heteroatoms. The number of esters is 1. The molecule has 1 atom stereocenters. The lowest BCUT2D eigenvalue weighted by Crippen LogP contribution is -2.21. The highest BCUT2D eigenvalue weighted by molar-refractivity contribution is 5.71. The Bertz CT molecular complexity index is 382. The molecule has 0 aromatic carbocycles. The van der Waals surface area contributed by atoms with E-state index in [1.54, 1.807) is 0 Å². The maximum atomic E-state index is 11.0. The molecular weight excluding hydrogens is 212 g/mol. The first kappa shape index (κ1) is 11.1. The van der Waals surface area contributed by atoms with Gasteiger partial charge in [-0.25, -0.2) is 0 Å². The van der Waals surface area contributed by atoms with E-state index in [0.717, 1.165) is 12.8 Å². The number of aromatic nitrogens is 2. The second kappa shape index (κ2) is 4.21. The van der Waals surface area contributed by atoms with Crippen LogP contribution in [0.15, 0.2) is 4.52 Å². The Kier molecular flexibility index (Phi) is 2.91. The van der Waals surface area contributed by atoms with Crippen LogP contribution >= 0.6 is 0 Å². The summed E-state index contributed by atoms with van der Waals surface area (Å²) in [6, 6.07) is 0. The monoisotopic (exact) mass is 226 g/mol. The highest BCUT2D eigenvalue weighted by atomic mass is 16.5. The Labute approximate surface area is 92.9 Å². The summed E-state index contributed by atoms with van der Waals surface area (Å²) in [4.78, 5) is 15.2. The molecule has 16 heavy (non-hydrogen) atoms. The summed E-state index contributed by atoms with van der Waals surface area (Å²) in [5.41, 5.74) is -0.474. The van der Waals surface area contributed by atoms with Crippen LogP contribution in [-0.2, 0) is 26.3 Å². The Morgan fingerprint density at radius 2 is 2.44 bits per heavy atom. The molecule has 0 N–H and O–H groups in total. The molecule has 1 unspecified atom stereocenters. The first-order valence-electron chi connectivity index (χ1n) is 5.18. The summed E-state index contributed by atoms with van der Waals surface area (Å²) in [5.74, 6) is 0.371. The number of rotatable bonds is 3. The third-order valence-corrected chi connectivity index (χ3v) is 2.68. The molecule has 1 aliphatic rings. The lowest BCUT2D eigenvalue weighted by molar-refractivity contribution is -0.140. The van der Waals surface area contributed by atoms with Crippen molar-refractivity contribution in [3.63, 3.8) is 0 Å². The van der Waals surface area contributed by atoms with Crippen LogP contribution in [0.2, 0.25) is 0 Å². The van der Waals surface area contributed by atoms with Crippen LogP contribution in [0.1, 0.15) is 31.5 Å². The summed E-state index contributed by atoms with van der Waals surface area (Å²) in [5, 5.41) is 3.84. The van der Waals surface area contributed by atoms with Crippen molar-refractivity contribution in [1.82, 2.24) is 10.1 Å². The van der Waals surface area contributed by atoms with E-state index in [1.165, 1.54) is 7.11 Å². The molecular formula is C10H14N2O4. The van der Waals surface area contributed by atoms with E-state index < -0.39 is 11.6 Å². The molecule has 2 rings (SSSR count). The lowest BCUT2D eigenvalue weighted by Gasteiger charge is -2.17. The zero-order valence-corrected chi connectivity index (χ0v) is 9.36. The second-order valence-electron chi connectivity index (χ2n) is 3.95. The zero-order valence-electron chi connectivity index (χ0n) is 9.36. The molecule has 2 heterocycles. The smallest absolute Gasteiger partial charge is 0.315 e. The molecule has 0 aliphatic carbocycles. The van der Waals surface area contributed by atoms with Gasteiger partial charge in [-0.05, 0) is 19.8 Å². The van der Waals surface area contributed by atoms with Gasteiger partial charge in [-0.2, -0.15) is 4.98 Å². The van der Waals surface area contributed by atoms with Gasteiger partial charge >= 0.3 is 5.97 Å². The van der Waals surface area contributed by atoms with Crippen molar-refractivity contribution in [2.24, 2.45) is 0 Å². The predicted octanol–water partition coefficient (Wildman–Crippen LogP) is 0.811. The zero-order chi connectivity index (χ0) is 11.6. The lowest BCUT2D eigenvalue weighted by atomic mass is 10.0. The largest absolute Gasteiger partial charge is 0.469 e. The van der Waals surface area contributed by atoms with E-state index >= 15 is 0 Å². The van der Waals surface area contributed by atoms with Crippen molar-refractivity contribution in [3.8, 4) is 0 Å². The van der Waals surface area contributed by atoms with E-state index in [9.17, 15) is 4.79 Å². The first-order valence-corrected chi connectivity index (χ1v) is 5.18. The second-order valence-corrected chi connectivity index (χ2v) is 3.95. The van der Waals surface area contributed by atoms with Gasteiger partial charge in [0, 0.05) is 6.61 Å². The Balaban J connectivity index is 2.10. The minimum absolute atomic E-state index is 0.000417. The molecule has 0 saturated carbocycles. The summed E-state index contributed by atoms with van der Waals surface area (Å²) in [6.07, 6.45) is 1.85. The molecule has 1 aliphatic heterocycles. The van der Waals surface area contributed by atoms with Crippen LogP contribution in [-0.4, -0.2) is 29.8 Å². The quantitative estimate of drug-likeness (QED) is 0.710. The maximum absolute atomic E-state index is 11.0. The minimum Gasteiger partial charge on any atom is -0.469 e. The first-order chi connectivity index (χ1) is 7.64. The molecule has 1 aromatic heterocycles. The van der Waals surface area contributed by atoms with E-state index in [1.807, 2.05) is 6.92 Å². The van der Waals surface area contributed by atoms with Crippen LogP contribution in [0, 0.1) is 0 Å². The molecule has 88 valence electrons. The van der Waals surface area contributed by atoms with E-state index in [0.29, 0.717) is 12.4 Å². The Hall–Kier alpha value is -1.43. The van der Waals surface area contributed by atoms with Gasteiger partial charge in [-0.3, -0.25) is 4.79 Å². The number of carbonyl (C=O) groups excluding carboxylic acids is 1. The molecule has 0 spiro atoms. The number of ether oxygens (including phenoxy) is 2. The van der Waals surface area contributed by atoms with Crippen LogP contribution < -0.4 is 0 Å². The molecule has 0 amide bonds. The molecule has 1 aromatic rings. The van der Waals surface area contributed by atoms with Crippen molar-refractivity contribution in [1.29, 1.82) is 0 Å². The van der Waals surface area contributed by atoms with Crippen molar-refractivity contribution in [3.05, 3.63) is 11.7 Å². The average molecular weight is 226 g/mol. The summed E-state index contributed by atoms with van der Waals surface area (Å²) < 4.78 is 15.1. The number of carbonyl (C=O) groups is 1. The van der Waals surface area contributed by atoms with Crippen molar-refractivity contribution >= 4 is 5.97 Å². The Morgan fingerprint density at radius 1 is 1.62 bits per heavy atom. The van der Waals surface area contributed by atoms with Gasteiger partial charge in [0.15, 0.2) is 0 Å². The summed E-state index contributed by atoms with van der Waals surface area (Å²) >= 11 is 0. The van der Waals surface area contributed by atoms with E-state index in [2.05, 4.69) is 14.9 Å².